The first-order chi connectivity index (χ1) is 16.0. The summed E-state index contributed by atoms with van der Waals surface area (Å²) in [5, 5.41) is 13.8. The molecule has 0 aliphatic carbocycles. The molecule has 1 amide bonds. The van der Waals surface area contributed by atoms with Crippen LogP contribution in [-0.4, -0.2) is 23.9 Å². The molecule has 4 rings (SSSR count). The number of amides is 1. The highest BCUT2D eigenvalue weighted by Gasteiger charge is 2.48. The largest absolute Gasteiger partial charge is 0.507 e. The van der Waals surface area contributed by atoms with Gasteiger partial charge in [-0.05, 0) is 65.7 Å². The van der Waals surface area contributed by atoms with Crippen LogP contribution in [0.5, 0.6) is 5.75 Å². The third-order valence-electron chi connectivity index (χ3n) is 5.96. The van der Waals surface area contributed by atoms with E-state index in [4.69, 9.17) is 16.3 Å². The number of aliphatic hydroxyl groups is 1. The number of carbonyl (C=O) groups is 2. The molecule has 3 aromatic rings. The molecule has 0 spiro atoms. The summed E-state index contributed by atoms with van der Waals surface area (Å²) in [5.74, 6) is -0.961. The van der Waals surface area contributed by atoms with Crippen LogP contribution in [0.25, 0.3) is 5.76 Å². The Bertz CT molecular complexity index is 1320. The van der Waals surface area contributed by atoms with E-state index in [-0.39, 0.29) is 16.7 Å². The van der Waals surface area contributed by atoms with E-state index in [1.54, 1.807) is 43.5 Å². The van der Waals surface area contributed by atoms with Gasteiger partial charge in [-0.25, -0.2) is 0 Å². The lowest BCUT2D eigenvalue weighted by Crippen LogP contribution is -2.29. The van der Waals surface area contributed by atoms with E-state index >= 15 is 0 Å². The van der Waals surface area contributed by atoms with Crippen LogP contribution in [-0.2, 0) is 15.0 Å². The topological polar surface area (TPSA) is 66.8 Å². The van der Waals surface area contributed by atoms with Crippen molar-refractivity contribution >= 4 is 46.1 Å². The lowest BCUT2D eigenvalue weighted by Gasteiger charge is -2.25. The monoisotopic (exact) mass is 495 g/mol. The van der Waals surface area contributed by atoms with Gasteiger partial charge in [0.1, 0.15) is 17.6 Å². The van der Waals surface area contributed by atoms with Gasteiger partial charge in [0.05, 0.1) is 12.7 Å². The maximum Gasteiger partial charge on any atom is 0.300 e. The van der Waals surface area contributed by atoms with Crippen LogP contribution in [0.1, 0.15) is 48.4 Å². The number of nitrogens with zero attached hydrogens (tertiary/aromatic N) is 1. The Balaban J connectivity index is 1.96. The molecule has 34 heavy (non-hydrogen) atoms. The van der Waals surface area contributed by atoms with Gasteiger partial charge in [0.2, 0.25) is 0 Å². The van der Waals surface area contributed by atoms with Gasteiger partial charge in [0.25, 0.3) is 11.7 Å². The fourth-order valence-electron chi connectivity index (χ4n) is 4.23. The van der Waals surface area contributed by atoms with E-state index in [1.165, 1.54) is 16.2 Å². The van der Waals surface area contributed by atoms with Crippen LogP contribution in [0, 0.1) is 6.92 Å². The molecule has 1 aliphatic heterocycles. The first kappa shape index (κ1) is 24.0. The first-order valence-corrected chi connectivity index (χ1v) is 12.1. The molecule has 7 heteroatoms. The summed E-state index contributed by atoms with van der Waals surface area (Å²) < 4.78 is 5.51. The molecule has 1 atom stereocenters. The van der Waals surface area contributed by atoms with Crippen LogP contribution in [0.2, 0.25) is 5.02 Å². The molecule has 1 unspecified atom stereocenters. The number of rotatable bonds is 4. The van der Waals surface area contributed by atoms with Crippen LogP contribution in [0.4, 0.5) is 5.69 Å². The number of ether oxygens (including phenoxy) is 1. The number of carbonyl (C=O) groups excluding carboxylic acids is 2. The number of anilines is 1. The number of aryl methyl sites for hydroxylation is 1. The van der Waals surface area contributed by atoms with E-state index in [2.05, 4.69) is 0 Å². The standard InChI is InChI=1S/C27H26ClNO4S/c1-15-11-12-34-25(15)22-21(24(31)26(32)29(22)18-8-6-7-17(28)14-18)23(30)16-9-10-20(33-5)19(13-16)27(2,3)4/h6-14,22,30H,1-5H3/b23-21-. The zero-order valence-electron chi connectivity index (χ0n) is 19.7. The molecular formula is C27H26ClNO4S. The van der Waals surface area contributed by atoms with E-state index in [1.807, 2.05) is 45.2 Å². The number of aliphatic hydroxyl groups excluding tert-OH is 1. The average Bonchev–Trinajstić information content (AvgIpc) is 3.32. The molecule has 1 saturated heterocycles. The zero-order chi connectivity index (χ0) is 24.8. The number of hydrogen-bond donors (Lipinski definition) is 1. The second kappa shape index (κ2) is 8.93. The summed E-state index contributed by atoms with van der Waals surface area (Å²) >= 11 is 7.64. The molecule has 0 saturated carbocycles. The summed E-state index contributed by atoms with van der Waals surface area (Å²) in [5.41, 5.74) is 2.55. The van der Waals surface area contributed by atoms with Crippen LogP contribution < -0.4 is 9.64 Å². The quantitative estimate of drug-likeness (QED) is 0.250. The number of thiophene rings is 1. The molecule has 0 radical (unpaired) electrons. The second-order valence-corrected chi connectivity index (χ2v) is 10.7. The predicted molar refractivity (Wildman–Crippen MR) is 137 cm³/mol. The second-order valence-electron chi connectivity index (χ2n) is 9.28. The smallest absolute Gasteiger partial charge is 0.300 e. The van der Waals surface area contributed by atoms with Gasteiger partial charge in [-0.2, -0.15) is 0 Å². The van der Waals surface area contributed by atoms with Gasteiger partial charge in [0.15, 0.2) is 0 Å². The molecule has 1 fully saturated rings. The van der Waals surface area contributed by atoms with Gasteiger partial charge in [-0.1, -0.05) is 38.4 Å². The highest BCUT2D eigenvalue weighted by molar-refractivity contribution is 7.10. The summed E-state index contributed by atoms with van der Waals surface area (Å²) in [4.78, 5) is 28.9. The van der Waals surface area contributed by atoms with E-state index in [0.29, 0.717) is 22.0 Å². The lowest BCUT2D eigenvalue weighted by molar-refractivity contribution is -0.132. The highest BCUT2D eigenvalue weighted by atomic mass is 35.5. The van der Waals surface area contributed by atoms with E-state index < -0.39 is 17.7 Å². The fourth-order valence-corrected chi connectivity index (χ4v) is 5.44. The van der Waals surface area contributed by atoms with Crippen molar-refractivity contribution in [3.05, 3.63) is 86.1 Å². The molecule has 1 aromatic heterocycles. The summed E-state index contributed by atoms with van der Waals surface area (Å²) in [6.07, 6.45) is 0. The predicted octanol–water partition coefficient (Wildman–Crippen LogP) is 6.64. The molecule has 176 valence electrons. The molecule has 1 aliphatic rings. The van der Waals surface area contributed by atoms with Crippen molar-refractivity contribution in [3.8, 4) is 5.75 Å². The van der Waals surface area contributed by atoms with Gasteiger partial charge < -0.3 is 9.84 Å². The SMILES string of the molecule is COc1ccc(/C(O)=C2/C(=O)C(=O)N(c3cccc(Cl)c3)C2c2sccc2C)cc1C(C)(C)C. The third-order valence-corrected chi connectivity index (χ3v) is 7.27. The highest BCUT2D eigenvalue weighted by Crippen LogP contribution is 2.45. The third kappa shape index (κ3) is 4.12. The first-order valence-electron chi connectivity index (χ1n) is 10.8. The van der Waals surface area contributed by atoms with Crippen LogP contribution in [0.3, 0.4) is 0 Å². The Morgan fingerprint density at radius 3 is 2.44 bits per heavy atom. The Hall–Kier alpha value is -3.09. The average molecular weight is 496 g/mol. The Morgan fingerprint density at radius 1 is 1.12 bits per heavy atom. The lowest BCUT2D eigenvalue weighted by atomic mass is 9.84. The van der Waals surface area contributed by atoms with E-state index in [0.717, 1.165) is 16.0 Å². The van der Waals surface area contributed by atoms with Gasteiger partial charge in [0, 0.05) is 26.7 Å². The van der Waals surface area contributed by atoms with Crippen LogP contribution in [0.15, 0.2) is 59.5 Å². The molecule has 0 bridgehead atoms. The fraction of sp³-hybridized carbons (Fsp3) is 0.259. The minimum absolute atomic E-state index is 0.0561. The van der Waals surface area contributed by atoms with Crippen molar-refractivity contribution in [2.75, 3.05) is 12.0 Å². The summed E-state index contributed by atoms with van der Waals surface area (Å²) in [6.45, 7) is 8.06. The number of Topliss-reactive ketones (excluding diaryl/α,β-unsaturated/α-hetero) is 1. The van der Waals surface area contributed by atoms with Gasteiger partial charge in [-0.3, -0.25) is 14.5 Å². The summed E-state index contributed by atoms with van der Waals surface area (Å²) in [7, 11) is 1.60. The van der Waals surface area contributed by atoms with Crippen molar-refractivity contribution in [2.24, 2.45) is 0 Å². The number of methoxy groups -OCH3 is 1. The minimum atomic E-state index is -0.765. The molecule has 5 nitrogen and oxygen atoms in total. The maximum absolute atomic E-state index is 13.3. The summed E-state index contributed by atoms with van der Waals surface area (Å²) in [6, 6.07) is 13.3. The van der Waals surface area contributed by atoms with Crippen molar-refractivity contribution in [1.29, 1.82) is 0 Å². The van der Waals surface area contributed by atoms with Crippen molar-refractivity contribution in [3.63, 3.8) is 0 Å². The maximum atomic E-state index is 13.3. The molecule has 1 N–H and O–H groups in total. The number of halogens is 1. The van der Waals surface area contributed by atoms with E-state index in [9.17, 15) is 14.7 Å². The number of hydrogen-bond acceptors (Lipinski definition) is 5. The number of ketones is 1. The Labute approximate surface area is 208 Å². The van der Waals surface area contributed by atoms with Crippen molar-refractivity contribution in [1.82, 2.24) is 0 Å². The van der Waals surface area contributed by atoms with Crippen molar-refractivity contribution in [2.45, 2.75) is 39.2 Å². The van der Waals surface area contributed by atoms with Crippen LogP contribution >= 0.6 is 22.9 Å². The zero-order valence-corrected chi connectivity index (χ0v) is 21.3. The molecular weight excluding hydrogens is 470 g/mol. The molecule has 2 heterocycles. The van der Waals surface area contributed by atoms with Crippen molar-refractivity contribution < 1.29 is 19.4 Å². The van der Waals surface area contributed by atoms with Gasteiger partial charge in [-0.15, -0.1) is 11.3 Å². The Morgan fingerprint density at radius 2 is 1.85 bits per heavy atom. The Kier molecular flexibility index (Phi) is 6.32. The minimum Gasteiger partial charge on any atom is -0.507 e. The normalized spacial score (nSPS) is 17.9. The molecule has 2 aromatic carbocycles. The number of benzene rings is 2. The van der Waals surface area contributed by atoms with Gasteiger partial charge >= 0.3 is 0 Å².